The molecule has 6 heteroatoms. The van der Waals surface area contributed by atoms with Crippen LogP contribution in [0.2, 0.25) is 0 Å². The molecule has 0 saturated carbocycles. The maximum absolute atomic E-state index is 11.4. The van der Waals surface area contributed by atoms with Gasteiger partial charge in [0, 0.05) is 49.2 Å². The van der Waals surface area contributed by atoms with E-state index in [1.165, 1.54) is 0 Å². The van der Waals surface area contributed by atoms with Gasteiger partial charge in [-0.15, -0.1) is 11.3 Å². The van der Waals surface area contributed by atoms with Gasteiger partial charge in [-0.05, 0) is 19.2 Å². The molecule has 1 aliphatic heterocycles. The highest BCUT2D eigenvalue weighted by Crippen LogP contribution is 2.28. The molecule has 1 saturated heterocycles. The van der Waals surface area contributed by atoms with Crippen LogP contribution in [-0.4, -0.2) is 49.0 Å². The first-order chi connectivity index (χ1) is 11.2. The number of piperazine rings is 1. The minimum atomic E-state index is 0.0313. The molecule has 0 radical (unpaired) electrons. The topological polar surface area (TPSA) is 48.5 Å². The van der Waals surface area contributed by atoms with Gasteiger partial charge >= 0.3 is 0 Å². The molecule has 0 unspecified atom stereocenters. The lowest BCUT2D eigenvalue weighted by molar-refractivity contribution is -0.115. The molecule has 0 bridgehead atoms. The number of carbonyl (C=O) groups is 1. The van der Waals surface area contributed by atoms with Crippen LogP contribution in [0.5, 0.6) is 0 Å². The van der Waals surface area contributed by atoms with Gasteiger partial charge in [0.05, 0.1) is 5.69 Å². The van der Waals surface area contributed by atoms with Crippen LogP contribution in [0, 0.1) is 0 Å². The van der Waals surface area contributed by atoms with E-state index in [1.54, 1.807) is 11.3 Å². The predicted octanol–water partition coefficient (Wildman–Crippen LogP) is 2.91. The zero-order valence-corrected chi connectivity index (χ0v) is 14.4. The molecule has 122 valence electrons. The second kappa shape index (κ2) is 7.10. The van der Waals surface area contributed by atoms with E-state index in [1.807, 2.05) is 31.2 Å². The summed E-state index contributed by atoms with van der Waals surface area (Å²) in [6.45, 7) is 6.08. The number of aromatic nitrogens is 1. The van der Waals surface area contributed by atoms with Crippen LogP contribution >= 0.6 is 11.3 Å². The van der Waals surface area contributed by atoms with Gasteiger partial charge in [0.25, 0.3) is 0 Å². The molecule has 1 amide bonds. The van der Waals surface area contributed by atoms with E-state index in [0.717, 1.165) is 48.3 Å². The molecule has 5 nitrogen and oxygen atoms in total. The van der Waals surface area contributed by atoms with Gasteiger partial charge in [0.1, 0.15) is 0 Å². The zero-order chi connectivity index (χ0) is 16.2. The molecular formula is C17H22N4OS. The molecule has 1 aromatic heterocycles. The summed E-state index contributed by atoms with van der Waals surface area (Å²) in [5.74, 6) is 0.0313. The lowest BCUT2D eigenvalue weighted by atomic mass is 10.1. The zero-order valence-electron chi connectivity index (χ0n) is 13.6. The molecule has 1 fully saturated rings. The highest BCUT2D eigenvalue weighted by atomic mass is 32.1. The van der Waals surface area contributed by atoms with Crippen molar-refractivity contribution in [1.29, 1.82) is 0 Å². The number of rotatable bonds is 4. The fourth-order valence-corrected chi connectivity index (χ4v) is 3.40. The van der Waals surface area contributed by atoms with E-state index < -0.39 is 0 Å². The van der Waals surface area contributed by atoms with Crippen LogP contribution in [-0.2, 0) is 4.79 Å². The number of thiazole rings is 1. The van der Waals surface area contributed by atoms with Gasteiger partial charge in [-0.25, -0.2) is 4.98 Å². The SMILES string of the molecule is CCC(=O)Nc1ccc(-c2csc(N3CCN(C)CC3)n2)cc1. The number of hydrogen-bond acceptors (Lipinski definition) is 5. The summed E-state index contributed by atoms with van der Waals surface area (Å²) in [5, 5.41) is 6.06. The Labute approximate surface area is 140 Å². The van der Waals surface area contributed by atoms with Gasteiger partial charge in [0.2, 0.25) is 5.91 Å². The fraction of sp³-hybridized carbons (Fsp3) is 0.412. The largest absolute Gasteiger partial charge is 0.346 e. The summed E-state index contributed by atoms with van der Waals surface area (Å²) >= 11 is 1.70. The lowest BCUT2D eigenvalue weighted by Crippen LogP contribution is -2.44. The van der Waals surface area contributed by atoms with Crippen LogP contribution in [0.4, 0.5) is 10.8 Å². The Kier molecular flexibility index (Phi) is 4.93. The van der Waals surface area contributed by atoms with E-state index in [4.69, 9.17) is 4.98 Å². The average molecular weight is 330 g/mol. The van der Waals surface area contributed by atoms with Crippen LogP contribution in [0.15, 0.2) is 29.6 Å². The third-order valence-corrected chi connectivity index (χ3v) is 4.95. The van der Waals surface area contributed by atoms with Gasteiger partial charge in [-0.1, -0.05) is 19.1 Å². The van der Waals surface area contributed by atoms with Crippen molar-refractivity contribution in [3.05, 3.63) is 29.6 Å². The third kappa shape index (κ3) is 3.89. The molecule has 3 rings (SSSR count). The van der Waals surface area contributed by atoms with Crippen LogP contribution < -0.4 is 10.2 Å². The van der Waals surface area contributed by atoms with Crippen molar-refractivity contribution in [3.8, 4) is 11.3 Å². The minimum absolute atomic E-state index is 0.0313. The molecule has 2 aromatic rings. The number of hydrogen-bond donors (Lipinski definition) is 1. The molecule has 1 N–H and O–H groups in total. The average Bonchev–Trinajstić information content (AvgIpc) is 3.06. The Morgan fingerprint density at radius 3 is 2.57 bits per heavy atom. The van der Waals surface area contributed by atoms with Crippen molar-refractivity contribution in [2.75, 3.05) is 43.4 Å². The summed E-state index contributed by atoms with van der Waals surface area (Å²) in [4.78, 5) is 20.9. The van der Waals surface area contributed by atoms with Gasteiger partial charge in [0.15, 0.2) is 5.13 Å². The van der Waals surface area contributed by atoms with Crippen LogP contribution in [0.1, 0.15) is 13.3 Å². The quantitative estimate of drug-likeness (QED) is 0.936. The van der Waals surface area contributed by atoms with E-state index >= 15 is 0 Å². The van der Waals surface area contributed by atoms with Gasteiger partial charge in [-0.3, -0.25) is 4.79 Å². The van der Waals surface area contributed by atoms with E-state index in [-0.39, 0.29) is 5.91 Å². The molecule has 0 spiro atoms. The molecule has 1 aromatic carbocycles. The van der Waals surface area contributed by atoms with E-state index in [9.17, 15) is 4.79 Å². The van der Waals surface area contributed by atoms with Crippen molar-refractivity contribution >= 4 is 28.1 Å². The summed E-state index contributed by atoms with van der Waals surface area (Å²) in [5.41, 5.74) is 2.91. The standard InChI is InChI=1S/C17H22N4OS/c1-3-16(22)18-14-6-4-13(5-7-14)15-12-23-17(19-15)21-10-8-20(2)9-11-21/h4-7,12H,3,8-11H2,1-2H3,(H,18,22). The van der Waals surface area contributed by atoms with Crippen molar-refractivity contribution in [2.45, 2.75) is 13.3 Å². The van der Waals surface area contributed by atoms with Gasteiger partial charge < -0.3 is 15.1 Å². The summed E-state index contributed by atoms with van der Waals surface area (Å²) in [7, 11) is 2.16. The Hall–Kier alpha value is -1.92. The second-order valence-electron chi connectivity index (χ2n) is 5.78. The number of nitrogens with zero attached hydrogens (tertiary/aromatic N) is 3. The Morgan fingerprint density at radius 2 is 1.91 bits per heavy atom. The van der Waals surface area contributed by atoms with Crippen molar-refractivity contribution in [1.82, 2.24) is 9.88 Å². The summed E-state index contributed by atoms with van der Waals surface area (Å²) in [6, 6.07) is 7.87. The van der Waals surface area contributed by atoms with E-state index in [0.29, 0.717) is 6.42 Å². The smallest absolute Gasteiger partial charge is 0.224 e. The number of amides is 1. The van der Waals surface area contributed by atoms with Crippen LogP contribution in [0.3, 0.4) is 0 Å². The van der Waals surface area contributed by atoms with Crippen molar-refractivity contribution < 1.29 is 4.79 Å². The summed E-state index contributed by atoms with van der Waals surface area (Å²) in [6.07, 6.45) is 0.488. The van der Waals surface area contributed by atoms with Gasteiger partial charge in [-0.2, -0.15) is 0 Å². The Bertz CT molecular complexity index is 659. The van der Waals surface area contributed by atoms with Crippen molar-refractivity contribution in [2.24, 2.45) is 0 Å². The number of likely N-dealkylation sites (N-methyl/N-ethyl adjacent to an activating group) is 1. The Morgan fingerprint density at radius 1 is 1.22 bits per heavy atom. The third-order valence-electron chi connectivity index (χ3n) is 4.05. The minimum Gasteiger partial charge on any atom is -0.346 e. The fourth-order valence-electron chi connectivity index (χ4n) is 2.51. The Balaban J connectivity index is 1.69. The first kappa shape index (κ1) is 16.0. The van der Waals surface area contributed by atoms with Crippen LogP contribution in [0.25, 0.3) is 11.3 Å². The molecule has 23 heavy (non-hydrogen) atoms. The first-order valence-corrected chi connectivity index (χ1v) is 8.83. The molecule has 0 atom stereocenters. The highest BCUT2D eigenvalue weighted by Gasteiger charge is 2.17. The molecule has 0 aliphatic carbocycles. The molecular weight excluding hydrogens is 308 g/mol. The first-order valence-electron chi connectivity index (χ1n) is 7.95. The second-order valence-corrected chi connectivity index (χ2v) is 6.62. The van der Waals surface area contributed by atoms with E-state index in [2.05, 4.69) is 27.5 Å². The predicted molar refractivity (Wildman–Crippen MR) is 96.2 cm³/mol. The highest BCUT2D eigenvalue weighted by molar-refractivity contribution is 7.14. The number of anilines is 2. The number of benzene rings is 1. The number of nitrogens with one attached hydrogen (secondary N) is 1. The molecule has 2 heterocycles. The normalized spacial score (nSPS) is 15.7. The number of carbonyl (C=O) groups excluding carboxylic acids is 1. The maximum atomic E-state index is 11.4. The lowest BCUT2D eigenvalue weighted by Gasteiger charge is -2.32. The monoisotopic (exact) mass is 330 g/mol. The molecule has 1 aliphatic rings. The van der Waals surface area contributed by atoms with Crippen molar-refractivity contribution in [3.63, 3.8) is 0 Å². The maximum Gasteiger partial charge on any atom is 0.224 e. The summed E-state index contributed by atoms with van der Waals surface area (Å²) < 4.78 is 0.